The Hall–Kier alpha value is -2.82. The first-order valence-corrected chi connectivity index (χ1v) is 11.4. The van der Waals surface area contributed by atoms with Crippen molar-refractivity contribution in [3.63, 3.8) is 0 Å². The van der Waals surface area contributed by atoms with E-state index < -0.39 is 12.1 Å². The molecule has 2 N–H and O–H groups in total. The van der Waals surface area contributed by atoms with Crippen LogP contribution in [-0.4, -0.2) is 18.0 Å². The van der Waals surface area contributed by atoms with Gasteiger partial charge in [0.05, 0.1) is 0 Å². The fraction of sp³-hybridized carbons (Fsp3) is 0.462. The maximum Gasteiger partial charge on any atom is 0.413 e. The summed E-state index contributed by atoms with van der Waals surface area (Å²) < 4.78 is 5.19. The second-order valence-electron chi connectivity index (χ2n) is 9.83. The van der Waals surface area contributed by atoms with Gasteiger partial charge in [0.1, 0.15) is 11.8 Å². The average Bonchev–Trinajstić information content (AvgIpc) is 2.74. The Labute approximate surface area is 183 Å². The number of benzene rings is 2. The largest absolute Gasteiger partial charge is 0.413 e. The van der Waals surface area contributed by atoms with Crippen LogP contribution >= 0.6 is 0 Å². The van der Waals surface area contributed by atoms with Crippen LogP contribution in [-0.2, 0) is 10.2 Å². The molecule has 5 heteroatoms. The first-order chi connectivity index (χ1) is 15.0. The molecule has 0 radical (unpaired) electrons. The average molecular weight is 419 g/mol. The Balaban J connectivity index is 1.18. The fourth-order valence-electron chi connectivity index (χ4n) is 6.49. The monoisotopic (exact) mass is 418 g/mol. The molecule has 162 valence electrons. The summed E-state index contributed by atoms with van der Waals surface area (Å²) in [5, 5.41) is 5.48. The maximum absolute atomic E-state index is 12.5. The summed E-state index contributed by atoms with van der Waals surface area (Å²) in [4.78, 5) is 24.5. The standard InChI is InChI=1S/C26H30N2O3/c1-17(27-25(30)31-23-5-3-2-4-6-23)24(29)28-22-9-7-21(8-10-22)26-14-18-11-19(15-26)13-20(12-18)16-26/h2-10,17-20H,11-16H2,1H3,(H,27,30)(H,28,29). The highest BCUT2D eigenvalue weighted by atomic mass is 16.6. The molecule has 1 unspecified atom stereocenters. The molecule has 2 amide bonds. The molecule has 0 aromatic heterocycles. The van der Waals surface area contributed by atoms with Gasteiger partial charge >= 0.3 is 6.09 Å². The van der Waals surface area contributed by atoms with E-state index in [-0.39, 0.29) is 5.91 Å². The van der Waals surface area contributed by atoms with E-state index in [4.69, 9.17) is 4.74 Å². The second kappa shape index (κ2) is 8.03. The molecule has 4 saturated carbocycles. The van der Waals surface area contributed by atoms with Crippen molar-refractivity contribution < 1.29 is 14.3 Å². The van der Waals surface area contributed by atoms with Crippen molar-refractivity contribution >= 4 is 17.7 Å². The van der Waals surface area contributed by atoms with Crippen molar-refractivity contribution in [3.8, 4) is 5.75 Å². The number of rotatable bonds is 5. The third-order valence-corrected chi connectivity index (χ3v) is 7.48. The number of nitrogens with one attached hydrogen (secondary N) is 2. The van der Waals surface area contributed by atoms with Gasteiger partial charge in [-0.05, 0) is 98.4 Å². The molecule has 4 aliphatic carbocycles. The van der Waals surface area contributed by atoms with Gasteiger partial charge in [0.2, 0.25) is 5.91 Å². The van der Waals surface area contributed by atoms with Crippen molar-refractivity contribution in [2.24, 2.45) is 17.8 Å². The van der Waals surface area contributed by atoms with E-state index in [0.29, 0.717) is 11.2 Å². The van der Waals surface area contributed by atoms with E-state index in [0.717, 1.165) is 23.4 Å². The molecule has 4 bridgehead atoms. The van der Waals surface area contributed by atoms with E-state index in [2.05, 4.69) is 22.8 Å². The quantitative estimate of drug-likeness (QED) is 0.695. The maximum atomic E-state index is 12.5. The summed E-state index contributed by atoms with van der Waals surface area (Å²) in [7, 11) is 0. The van der Waals surface area contributed by atoms with Crippen LogP contribution in [0.5, 0.6) is 5.75 Å². The topological polar surface area (TPSA) is 67.4 Å². The lowest BCUT2D eigenvalue weighted by Gasteiger charge is -2.57. The van der Waals surface area contributed by atoms with E-state index in [1.54, 1.807) is 31.2 Å². The molecule has 2 aromatic rings. The van der Waals surface area contributed by atoms with Crippen molar-refractivity contribution in [2.75, 3.05) is 5.32 Å². The van der Waals surface area contributed by atoms with Gasteiger partial charge in [-0.3, -0.25) is 4.79 Å². The van der Waals surface area contributed by atoms with Crippen molar-refractivity contribution in [2.45, 2.75) is 56.9 Å². The first-order valence-electron chi connectivity index (χ1n) is 11.4. The van der Waals surface area contributed by atoms with Gasteiger partial charge < -0.3 is 15.4 Å². The van der Waals surface area contributed by atoms with Gasteiger partial charge in [-0.1, -0.05) is 30.3 Å². The Morgan fingerprint density at radius 3 is 2.06 bits per heavy atom. The number of ether oxygens (including phenoxy) is 1. The number of para-hydroxylation sites is 1. The lowest BCUT2D eigenvalue weighted by molar-refractivity contribution is -0.117. The van der Waals surface area contributed by atoms with Crippen LogP contribution in [0.15, 0.2) is 54.6 Å². The molecule has 0 saturated heterocycles. The summed E-state index contributed by atoms with van der Waals surface area (Å²) >= 11 is 0. The Bertz CT molecular complexity index is 919. The minimum Gasteiger partial charge on any atom is -0.410 e. The summed E-state index contributed by atoms with van der Waals surface area (Å²) in [6.45, 7) is 1.64. The molecular weight excluding hydrogens is 388 g/mol. The zero-order valence-corrected chi connectivity index (χ0v) is 18.0. The predicted octanol–water partition coefficient (Wildman–Crippen LogP) is 5.27. The van der Waals surface area contributed by atoms with Gasteiger partial charge in [0.25, 0.3) is 0 Å². The van der Waals surface area contributed by atoms with Gasteiger partial charge in [0.15, 0.2) is 0 Å². The molecule has 6 rings (SSSR count). The highest BCUT2D eigenvalue weighted by Crippen LogP contribution is 2.60. The zero-order valence-electron chi connectivity index (χ0n) is 18.0. The first kappa shape index (κ1) is 20.1. The third kappa shape index (κ3) is 4.18. The second-order valence-corrected chi connectivity index (χ2v) is 9.83. The number of carbonyl (C=O) groups is 2. The van der Waals surface area contributed by atoms with Crippen molar-refractivity contribution in [3.05, 3.63) is 60.2 Å². The number of anilines is 1. The molecular formula is C26H30N2O3. The van der Waals surface area contributed by atoms with Gasteiger partial charge in [0, 0.05) is 5.69 Å². The summed E-state index contributed by atoms with van der Waals surface area (Å²) in [6, 6.07) is 16.5. The zero-order chi connectivity index (χ0) is 21.4. The number of hydrogen-bond acceptors (Lipinski definition) is 3. The van der Waals surface area contributed by atoms with Crippen LogP contribution in [0.25, 0.3) is 0 Å². The summed E-state index contributed by atoms with van der Waals surface area (Å²) in [6.07, 6.45) is 7.64. The van der Waals surface area contributed by atoms with Gasteiger partial charge in [-0.25, -0.2) is 4.79 Å². The number of hydrogen-bond donors (Lipinski definition) is 2. The highest BCUT2D eigenvalue weighted by molar-refractivity contribution is 5.96. The summed E-state index contributed by atoms with van der Waals surface area (Å²) in [5.41, 5.74) is 2.54. The summed E-state index contributed by atoms with van der Waals surface area (Å²) in [5.74, 6) is 2.90. The van der Waals surface area contributed by atoms with Gasteiger partial charge in [-0.15, -0.1) is 0 Å². The molecule has 0 heterocycles. The minimum absolute atomic E-state index is 0.271. The van der Waals surface area contributed by atoms with Crippen LogP contribution in [0.4, 0.5) is 10.5 Å². The van der Waals surface area contributed by atoms with E-state index in [1.165, 1.54) is 44.1 Å². The fourth-order valence-corrected chi connectivity index (χ4v) is 6.49. The molecule has 1 atom stereocenters. The Kier molecular flexibility index (Phi) is 5.20. The van der Waals surface area contributed by atoms with Gasteiger partial charge in [-0.2, -0.15) is 0 Å². The molecule has 4 fully saturated rings. The predicted molar refractivity (Wildman–Crippen MR) is 120 cm³/mol. The van der Waals surface area contributed by atoms with Crippen LogP contribution in [0.3, 0.4) is 0 Å². The lowest BCUT2D eigenvalue weighted by atomic mass is 9.48. The molecule has 4 aliphatic rings. The number of carbonyl (C=O) groups excluding carboxylic acids is 2. The highest BCUT2D eigenvalue weighted by Gasteiger charge is 2.51. The lowest BCUT2D eigenvalue weighted by Crippen LogP contribution is -2.48. The molecule has 31 heavy (non-hydrogen) atoms. The SMILES string of the molecule is CC(NC(=O)Oc1ccccc1)C(=O)Nc1ccc(C23CC4CC(CC(C4)C2)C3)cc1. The van der Waals surface area contributed by atoms with Crippen LogP contribution in [0.2, 0.25) is 0 Å². The Morgan fingerprint density at radius 1 is 0.903 bits per heavy atom. The Morgan fingerprint density at radius 2 is 1.48 bits per heavy atom. The van der Waals surface area contributed by atoms with Crippen LogP contribution in [0, 0.1) is 17.8 Å². The van der Waals surface area contributed by atoms with E-state index in [9.17, 15) is 9.59 Å². The van der Waals surface area contributed by atoms with Crippen molar-refractivity contribution in [1.82, 2.24) is 5.32 Å². The van der Waals surface area contributed by atoms with Crippen molar-refractivity contribution in [1.29, 1.82) is 0 Å². The molecule has 2 aromatic carbocycles. The normalized spacial score (nSPS) is 29.3. The minimum atomic E-state index is -0.709. The van der Waals surface area contributed by atoms with Crippen LogP contribution < -0.4 is 15.4 Å². The third-order valence-electron chi connectivity index (χ3n) is 7.48. The van der Waals surface area contributed by atoms with E-state index in [1.807, 2.05) is 18.2 Å². The van der Waals surface area contributed by atoms with Crippen LogP contribution in [0.1, 0.15) is 51.0 Å². The molecule has 0 aliphatic heterocycles. The molecule has 5 nitrogen and oxygen atoms in total. The number of amides is 2. The van der Waals surface area contributed by atoms with E-state index >= 15 is 0 Å². The molecule has 0 spiro atoms. The smallest absolute Gasteiger partial charge is 0.410 e.